The number of hydrogen-bond acceptors (Lipinski definition) is 4. The van der Waals surface area contributed by atoms with Crippen molar-refractivity contribution < 1.29 is 22.5 Å². The minimum absolute atomic E-state index is 0.0870. The second kappa shape index (κ2) is 7.26. The Morgan fingerprint density at radius 2 is 1.96 bits per heavy atom. The van der Waals surface area contributed by atoms with Crippen molar-refractivity contribution in [1.29, 1.82) is 0 Å². The number of nitrogens with zero attached hydrogens (tertiary/aromatic N) is 2. The number of hydrogen-bond donors (Lipinski definition) is 1. The minimum atomic E-state index is -4.42. The fourth-order valence-electron chi connectivity index (χ4n) is 1.87. The molecule has 0 saturated heterocycles. The second-order valence-corrected chi connectivity index (χ2v) is 4.95. The molecule has 0 unspecified atom stereocenters. The summed E-state index contributed by atoms with van der Waals surface area (Å²) in [4.78, 5) is 15.4. The van der Waals surface area contributed by atoms with Crippen LogP contribution in [0.3, 0.4) is 0 Å². The van der Waals surface area contributed by atoms with Gasteiger partial charge in [-0.15, -0.1) is 0 Å². The lowest BCUT2D eigenvalue weighted by Gasteiger charge is -2.07. The molecule has 1 heterocycles. The maximum atomic E-state index is 12.0. The lowest BCUT2D eigenvalue weighted by molar-refractivity contribution is -0.138. The Morgan fingerprint density at radius 1 is 1.26 bits per heavy atom. The summed E-state index contributed by atoms with van der Waals surface area (Å²) in [5, 5.41) is 5.60. The zero-order valence-electron chi connectivity index (χ0n) is 12.5. The molecular weight excluding hydrogens is 311 g/mol. The molecule has 0 atom stereocenters. The van der Waals surface area contributed by atoms with E-state index in [0.29, 0.717) is 5.82 Å². The van der Waals surface area contributed by atoms with Crippen molar-refractivity contribution in [3.63, 3.8) is 0 Å². The molecule has 0 spiro atoms. The van der Waals surface area contributed by atoms with Crippen LogP contribution in [0.1, 0.15) is 24.8 Å². The van der Waals surface area contributed by atoms with Gasteiger partial charge >= 0.3 is 6.18 Å². The Morgan fingerprint density at radius 3 is 2.57 bits per heavy atom. The molecular formula is C15H16F3N3O2. The Labute approximate surface area is 130 Å². The van der Waals surface area contributed by atoms with E-state index in [4.69, 9.17) is 4.52 Å². The van der Waals surface area contributed by atoms with Crippen LogP contribution >= 0.6 is 0 Å². The van der Waals surface area contributed by atoms with Crippen molar-refractivity contribution in [2.45, 2.75) is 32.4 Å². The molecule has 0 aliphatic carbocycles. The number of benzene rings is 1. The highest BCUT2D eigenvalue weighted by atomic mass is 19.4. The number of aryl methyl sites for hydroxylation is 2. The number of amides is 1. The van der Waals surface area contributed by atoms with Gasteiger partial charge in [0.15, 0.2) is 0 Å². The van der Waals surface area contributed by atoms with E-state index in [1.54, 1.807) is 5.32 Å². The van der Waals surface area contributed by atoms with Crippen LogP contribution in [0.25, 0.3) is 11.4 Å². The van der Waals surface area contributed by atoms with Gasteiger partial charge in [0.05, 0.1) is 0 Å². The lowest BCUT2D eigenvalue weighted by atomic mass is 10.1. The van der Waals surface area contributed by atoms with Crippen molar-refractivity contribution in [2.24, 2.45) is 0 Å². The Bertz CT molecular complexity index is 651. The fraction of sp³-hybridized carbons (Fsp3) is 0.400. The summed E-state index contributed by atoms with van der Waals surface area (Å²) in [5.41, 5.74) is 1.96. The van der Waals surface area contributed by atoms with Gasteiger partial charge in [-0.2, -0.15) is 18.2 Å². The summed E-state index contributed by atoms with van der Waals surface area (Å²) in [6, 6.07) is 7.64. The predicted octanol–water partition coefficient (Wildman–Crippen LogP) is 2.91. The van der Waals surface area contributed by atoms with E-state index in [2.05, 4.69) is 10.1 Å². The molecule has 0 fully saturated rings. The Balaban J connectivity index is 1.88. The molecule has 0 aliphatic heterocycles. The van der Waals surface area contributed by atoms with Gasteiger partial charge in [0.1, 0.15) is 6.54 Å². The van der Waals surface area contributed by atoms with Gasteiger partial charge < -0.3 is 9.84 Å². The summed E-state index contributed by atoms with van der Waals surface area (Å²) >= 11 is 0. The normalized spacial score (nSPS) is 11.5. The molecule has 2 rings (SSSR count). The third kappa shape index (κ3) is 5.39. The fourth-order valence-corrected chi connectivity index (χ4v) is 1.87. The first kappa shape index (κ1) is 17.0. The molecule has 5 nitrogen and oxygen atoms in total. The molecule has 2 aromatic rings. The van der Waals surface area contributed by atoms with Crippen molar-refractivity contribution in [2.75, 3.05) is 6.54 Å². The molecule has 1 N–H and O–H groups in total. The smallest absolute Gasteiger partial charge is 0.347 e. The van der Waals surface area contributed by atoms with Crippen LogP contribution in [0.2, 0.25) is 0 Å². The van der Waals surface area contributed by atoms with E-state index in [1.807, 2.05) is 31.2 Å². The molecule has 0 radical (unpaired) electrons. The first-order valence-corrected chi connectivity index (χ1v) is 7.12. The highest BCUT2D eigenvalue weighted by Crippen LogP contribution is 2.17. The quantitative estimate of drug-likeness (QED) is 0.886. The molecule has 1 aromatic heterocycles. The molecule has 124 valence electrons. The van der Waals surface area contributed by atoms with Crippen molar-refractivity contribution in [3.05, 3.63) is 35.7 Å². The van der Waals surface area contributed by atoms with Gasteiger partial charge in [0.2, 0.25) is 17.6 Å². The number of halogens is 3. The van der Waals surface area contributed by atoms with E-state index >= 15 is 0 Å². The van der Waals surface area contributed by atoms with Gasteiger partial charge in [-0.05, 0) is 12.0 Å². The van der Waals surface area contributed by atoms with E-state index in [0.717, 1.165) is 12.0 Å². The number of nitrogens with one attached hydrogen (secondary N) is 1. The standard InChI is InChI=1S/C15H16F3N3O2/c1-2-10-3-5-11(6-4-10)14-20-13(23-21-14)8-7-12(22)19-9-15(16,17)18/h3-6H,2,7-9H2,1H3,(H,19,22). The number of alkyl halides is 3. The largest absolute Gasteiger partial charge is 0.405 e. The zero-order chi connectivity index (χ0) is 16.9. The van der Waals surface area contributed by atoms with E-state index in [1.165, 1.54) is 5.56 Å². The summed E-state index contributed by atoms with van der Waals surface area (Å²) in [6.07, 6.45) is -3.56. The summed E-state index contributed by atoms with van der Waals surface area (Å²) in [5.74, 6) is -0.116. The number of carbonyl (C=O) groups excluding carboxylic acids is 1. The van der Waals surface area contributed by atoms with Gasteiger partial charge in [-0.1, -0.05) is 36.3 Å². The Kier molecular flexibility index (Phi) is 5.36. The van der Waals surface area contributed by atoms with Gasteiger partial charge in [-0.25, -0.2) is 0 Å². The molecule has 23 heavy (non-hydrogen) atoms. The first-order valence-electron chi connectivity index (χ1n) is 7.12. The Hall–Kier alpha value is -2.38. The highest BCUT2D eigenvalue weighted by Gasteiger charge is 2.27. The van der Waals surface area contributed by atoms with Crippen LogP contribution in [-0.2, 0) is 17.6 Å². The van der Waals surface area contributed by atoms with E-state index < -0.39 is 18.6 Å². The van der Waals surface area contributed by atoms with Crippen LogP contribution in [0, 0.1) is 0 Å². The monoisotopic (exact) mass is 327 g/mol. The van der Waals surface area contributed by atoms with E-state index in [-0.39, 0.29) is 18.7 Å². The van der Waals surface area contributed by atoms with Gasteiger partial charge in [0.25, 0.3) is 0 Å². The second-order valence-electron chi connectivity index (χ2n) is 4.95. The zero-order valence-corrected chi connectivity index (χ0v) is 12.5. The molecule has 1 amide bonds. The molecule has 1 aromatic carbocycles. The van der Waals surface area contributed by atoms with Gasteiger partial charge in [-0.3, -0.25) is 4.79 Å². The van der Waals surface area contributed by atoms with Crippen molar-refractivity contribution in [3.8, 4) is 11.4 Å². The minimum Gasteiger partial charge on any atom is -0.347 e. The van der Waals surface area contributed by atoms with E-state index in [9.17, 15) is 18.0 Å². The molecule has 0 aliphatic rings. The maximum absolute atomic E-state index is 12.0. The van der Waals surface area contributed by atoms with Crippen molar-refractivity contribution in [1.82, 2.24) is 15.5 Å². The summed E-state index contributed by atoms with van der Waals surface area (Å²) in [6.45, 7) is 0.704. The third-order valence-electron chi connectivity index (χ3n) is 3.14. The molecule has 0 bridgehead atoms. The summed E-state index contributed by atoms with van der Waals surface area (Å²) < 4.78 is 40.9. The van der Waals surface area contributed by atoms with Gasteiger partial charge in [0, 0.05) is 18.4 Å². The first-order chi connectivity index (χ1) is 10.9. The van der Waals surface area contributed by atoms with Crippen LogP contribution in [0.4, 0.5) is 13.2 Å². The summed E-state index contributed by atoms with van der Waals surface area (Å²) in [7, 11) is 0. The predicted molar refractivity (Wildman–Crippen MR) is 76.5 cm³/mol. The number of aromatic nitrogens is 2. The maximum Gasteiger partial charge on any atom is 0.405 e. The lowest BCUT2D eigenvalue weighted by Crippen LogP contribution is -2.33. The SMILES string of the molecule is CCc1ccc(-c2noc(CCC(=O)NCC(F)(F)F)n2)cc1. The van der Waals surface area contributed by atoms with Crippen molar-refractivity contribution >= 4 is 5.91 Å². The van der Waals surface area contributed by atoms with Crippen LogP contribution in [0.5, 0.6) is 0 Å². The molecule has 0 saturated carbocycles. The van der Waals surface area contributed by atoms with Crippen LogP contribution in [0.15, 0.2) is 28.8 Å². The van der Waals surface area contributed by atoms with Crippen LogP contribution < -0.4 is 5.32 Å². The number of rotatable bonds is 6. The molecule has 8 heteroatoms. The third-order valence-corrected chi connectivity index (χ3v) is 3.14. The topological polar surface area (TPSA) is 68.0 Å². The highest BCUT2D eigenvalue weighted by molar-refractivity contribution is 5.76. The average molecular weight is 327 g/mol. The number of carbonyl (C=O) groups is 1. The van der Waals surface area contributed by atoms with Crippen LogP contribution in [-0.4, -0.2) is 28.8 Å². The average Bonchev–Trinajstić information content (AvgIpc) is 2.99.